The number of nitrogens with two attached hydrogens (primary N) is 1. The normalized spacial score (nSPS) is 41.4. The van der Waals surface area contributed by atoms with Crippen LogP contribution in [0.2, 0.25) is 0 Å². The fourth-order valence-corrected chi connectivity index (χ4v) is 5.08. The predicted molar refractivity (Wildman–Crippen MR) is 90.1 cm³/mol. The molecule has 21 heavy (non-hydrogen) atoms. The quantitative estimate of drug-likeness (QED) is 0.784. The van der Waals surface area contributed by atoms with E-state index in [4.69, 9.17) is 5.73 Å². The molecule has 0 amide bonds. The Labute approximate surface area is 131 Å². The molecule has 0 aromatic rings. The third-order valence-corrected chi connectivity index (χ3v) is 7.49. The van der Waals surface area contributed by atoms with E-state index in [1.165, 1.54) is 32.1 Å². The first-order chi connectivity index (χ1) is 9.82. The van der Waals surface area contributed by atoms with Crippen molar-refractivity contribution in [2.75, 3.05) is 6.54 Å². The zero-order valence-corrected chi connectivity index (χ0v) is 14.8. The van der Waals surface area contributed by atoms with Gasteiger partial charge in [-0.3, -0.25) is 0 Å². The highest BCUT2D eigenvalue weighted by molar-refractivity contribution is 5.06. The van der Waals surface area contributed by atoms with E-state index in [0.717, 1.165) is 37.5 Å². The molecule has 0 aromatic carbocycles. The Bertz CT molecular complexity index is 343. The highest BCUT2D eigenvalue weighted by Gasteiger charge is 2.54. The standard InChI is InChI=1S/C19H37NO/c1-5-15-7-10-18(13-15,14-20)19(21)11-8-16(9-12-19)17(3,4)6-2/h15-16,21H,5-14,20H2,1-4H3. The molecule has 0 spiro atoms. The van der Waals surface area contributed by atoms with E-state index in [1.807, 2.05) is 0 Å². The summed E-state index contributed by atoms with van der Waals surface area (Å²) >= 11 is 0. The highest BCUT2D eigenvalue weighted by atomic mass is 16.3. The van der Waals surface area contributed by atoms with Gasteiger partial charge in [-0.15, -0.1) is 0 Å². The van der Waals surface area contributed by atoms with Crippen molar-refractivity contribution in [3.8, 4) is 0 Å². The second kappa shape index (κ2) is 6.20. The van der Waals surface area contributed by atoms with E-state index in [2.05, 4.69) is 27.7 Å². The van der Waals surface area contributed by atoms with Gasteiger partial charge in [-0.05, 0) is 62.2 Å². The van der Waals surface area contributed by atoms with Crippen molar-refractivity contribution in [3.05, 3.63) is 0 Å². The van der Waals surface area contributed by atoms with Crippen LogP contribution in [-0.4, -0.2) is 17.3 Å². The molecule has 124 valence electrons. The average Bonchev–Trinajstić information content (AvgIpc) is 2.93. The fraction of sp³-hybridized carbons (Fsp3) is 1.00. The maximum absolute atomic E-state index is 11.4. The first-order valence-corrected chi connectivity index (χ1v) is 9.25. The Morgan fingerprint density at radius 3 is 2.14 bits per heavy atom. The van der Waals surface area contributed by atoms with Gasteiger partial charge < -0.3 is 10.8 Å². The lowest BCUT2D eigenvalue weighted by Crippen LogP contribution is -2.54. The zero-order valence-electron chi connectivity index (χ0n) is 14.8. The van der Waals surface area contributed by atoms with Crippen molar-refractivity contribution >= 4 is 0 Å². The second-order valence-corrected chi connectivity index (χ2v) is 8.65. The summed E-state index contributed by atoms with van der Waals surface area (Å²) < 4.78 is 0. The Hall–Kier alpha value is -0.0800. The first kappa shape index (κ1) is 17.3. The molecule has 2 nitrogen and oxygen atoms in total. The molecule has 2 rings (SSSR count). The molecule has 2 aliphatic rings. The van der Waals surface area contributed by atoms with Crippen molar-refractivity contribution in [2.24, 2.45) is 28.4 Å². The summed E-state index contributed by atoms with van der Waals surface area (Å²) in [4.78, 5) is 0. The molecule has 2 saturated carbocycles. The summed E-state index contributed by atoms with van der Waals surface area (Å²) in [7, 11) is 0. The van der Waals surface area contributed by atoms with Crippen LogP contribution >= 0.6 is 0 Å². The van der Waals surface area contributed by atoms with Crippen molar-refractivity contribution in [1.29, 1.82) is 0 Å². The van der Waals surface area contributed by atoms with Crippen LogP contribution in [0.3, 0.4) is 0 Å². The fourth-order valence-electron chi connectivity index (χ4n) is 5.08. The first-order valence-electron chi connectivity index (χ1n) is 9.25. The topological polar surface area (TPSA) is 46.2 Å². The smallest absolute Gasteiger partial charge is 0.0716 e. The summed E-state index contributed by atoms with van der Waals surface area (Å²) in [6.07, 6.45) is 10.3. The van der Waals surface area contributed by atoms with Gasteiger partial charge in [-0.1, -0.05) is 40.5 Å². The molecule has 0 radical (unpaired) electrons. The third-order valence-electron chi connectivity index (χ3n) is 7.49. The molecule has 0 saturated heterocycles. The van der Waals surface area contributed by atoms with Gasteiger partial charge in [0, 0.05) is 12.0 Å². The minimum Gasteiger partial charge on any atom is -0.389 e. The highest BCUT2D eigenvalue weighted by Crippen LogP contribution is 2.56. The Morgan fingerprint density at radius 1 is 1.10 bits per heavy atom. The molecule has 2 unspecified atom stereocenters. The molecule has 2 fully saturated rings. The summed E-state index contributed by atoms with van der Waals surface area (Å²) in [6, 6.07) is 0. The lowest BCUT2D eigenvalue weighted by atomic mass is 9.58. The molecule has 3 N–H and O–H groups in total. The van der Waals surface area contributed by atoms with Crippen molar-refractivity contribution in [2.45, 2.75) is 91.1 Å². The summed E-state index contributed by atoms with van der Waals surface area (Å²) in [6.45, 7) is 10.0. The van der Waals surface area contributed by atoms with Gasteiger partial charge in [-0.25, -0.2) is 0 Å². The molecular formula is C19H37NO. The second-order valence-electron chi connectivity index (χ2n) is 8.65. The van der Waals surface area contributed by atoms with E-state index in [-0.39, 0.29) is 5.41 Å². The van der Waals surface area contributed by atoms with Crippen LogP contribution in [0.5, 0.6) is 0 Å². The largest absolute Gasteiger partial charge is 0.389 e. The summed E-state index contributed by atoms with van der Waals surface area (Å²) in [5, 5.41) is 11.4. The molecule has 0 aliphatic heterocycles. The van der Waals surface area contributed by atoms with Gasteiger partial charge in [0.05, 0.1) is 5.60 Å². The number of hydrogen-bond acceptors (Lipinski definition) is 2. The van der Waals surface area contributed by atoms with E-state index < -0.39 is 5.60 Å². The number of aliphatic hydroxyl groups is 1. The number of rotatable bonds is 5. The van der Waals surface area contributed by atoms with Crippen molar-refractivity contribution < 1.29 is 5.11 Å². The summed E-state index contributed by atoms with van der Waals surface area (Å²) in [5.41, 5.74) is 6.12. The van der Waals surface area contributed by atoms with Gasteiger partial charge in [0.2, 0.25) is 0 Å². The van der Waals surface area contributed by atoms with Crippen LogP contribution in [0.15, 0.2) is 0 Å². The molecule has 2 atom stereocenters. The summed E-state index contributed by atoms with van der Waals surface area (Å²) in [5.74, 6) is 1.54. The maximum Gasteiger partial charge on any atom is 0.0716 e. The van der Waals surface area contributed by atoms with Gasteiger partial charge in [-0.2, -0.15) is 0 Å². The molecular weight excluding hydrogens is 258 g/mol. The Balaban J connectivity index is 2.07. The van der Waals surface area contributed by atoms with Crippen LogP contribution in [0.1, 0.15) is 85.5 Å². The van der Waals surface area contributed by atoms with Crippen LogP contribution < -0.4 is 5.73 Å². The van der Waals surface area contributed by atoms with Gasteiger partial charge in [0.15, 0.2) is 0 Å². The molecule has 0 heterocycles. The maximum atomic E-state index is 11.4. The lowest BCUT2D eigenvalue weighted by molar-refractivity contribution is -0.120. The van der Waals surface area contributed by atoms with Crippen LogP contribution in [0.4, 0.5) is 0 Å². The SMILES string of the molecule is CCC1CCC(CN)(C2(O)CCC(C(C)(C)CC)CC2)C1. The van der Waals surface area contributed by atoms with Crippen LogP contribution in [0, 0.1) is 22.7 Å². The lowest BCUT2D eigenvalue weighted by Gasteiger charge is -2.51. The van der Waals surface area contributed by atoms with E-state index in [0.29, 0.717) is 12.0 Å². The van der Waals surface area contributed by atoms with Gasteiger partial charge >= 0.3 is 0 Å². The van der Waals surface area contributed by atoms with Crippen LogP contribution in [0.25, 0.3) is 0 Å². The molecule has 2 heteroatoms. The van der Waals surface area contributed by atoms with Crippen LogP contribution in [-0.2, 0) is 0 Å². The average molecular weight is 296 g/mol. The molecule has 0 aromatic heterocycles. The van der Waals surface area contributed by atoms with E-state index in [1.54, 1.807) is 0 Å². The molecule has 2 aliphatic carbocycles. The van der Waals surface area contributed by atoms with Crippen molar-refractivity contribution in [3.63, 3.8) is 0 Å². The van der Waals surface area contributed by atoms with Gasteiger partial charge in [0.1, 0.15) is 0 Å². The van der Waals surface area contributed by atoms with E-state index >= 15 is 0 Å². The van der Waals surface area contributed by atoms with E-state index in [9.17, 15) is 5.11 Å². The minimum absolute atomic E-state index is 0.00893. The Kier molecular flexibility index (Phi) is 5.10. The third kappa shape index (κ3) is 3.03. The van der Waals surface area contributed by atoms with Gasteiger partial charge in [0.25, 0.3) is 0 Å². The molecule has 0 bridgehead atoms. The number of hydrogen-bond donors (Lipinski definition) is 2. The minimum atomic E-state index is -0.494. The Morgan fingerprint density at radius 2 is 1.71 bits per heavy atom. The predicted octanol–water partition coefficient (Wildman–Crippen LogP) is 4.50. The zero-order chi connectivity index (χ0) is 15.7. The van der Waals surface area contributed by atoms with Crippen molar-refractivity contribution in [1.82, 2.24) is 0 Å². The monoisotopic (exact) mass is 295 g/mol.